The molecule has 4 amide bonds. The molecule has 0 radical (unpaired) electrons. The molecule has 0 spiro atoms. The Hall–Kier alpha value is -6.03. The van der Waals surface area contributed by atoms with E-state index in [1.165, 1.54) is 0 Å². The average Bonchev–Trinajstić information content (AvgIpc) is 3.93. The molecule has 7 rings (SSSR count). The molecule has 0 aliphatic carbocycles. The minimum Gasteiger partial charge on any atom is -0.339 e. The molecule has 5 aromatic rings. The van der Waals surface area contributed by atoms with Crippen LogP contribution >= 0.6 is 0 Å². The largest absolute Gasteiger partial charge is 0.339 e. The van der Waals surface area contributed by atoms with Crippen LogP contribution in [0.4, 0.5) is 11.4 Å². The van der Waals surface area contributed by atoms with E-state index in [9.17, 15) is 19.2 Å². The molecule has 2 N–H and O–H groups in total. The van der Waals surface area contributed by atoms with Crippen LogP contribution in [0.5, 0.6) is 0 Å². The Morgan fingerprint density at radius 1 is 0.611 bits per heavy atom. The number of carbonyl (C=O) groups is 4. The van der Waals surface area contributed by atoms with Gasteiger partial charge in [0.2, 0.25) is 23.6 Å². The summed E-state index contributed by atoms with van der Waals surface area (Å²) in [6.45, 7) is 1.37. The van der Waals surface area contributed by atoms with Gasteiger partial charge in [-0.05, 0) is 72.7 Å². The van der Waals surface area contributed by atoms with Crippen molar-refractivity contribution in [1.29, 1.82) is 0 Å². The maximum atomic E-state index is 13.0. The predicted molar refractivity (Wildman–Crippen MR) is 210 cm³/mol. The highest BCUT2D eigenvalue weighted by molar-refractivity contribution is 5.93. The number of hydrogen-bond acceptors (Lipinski definition) is 5. The Bertz CT molecular complexity index is 2080. The molecule has 2 aliphatic heterocycles. The van der Waals surface area contributed by atoms with Crippen LogP contribution in [0.1, 0.15) is 49.7 Å². The quantitative estimate of drug-likeness (QED) is 0.146. The molecular formula is C44H46N6O4. The van der Waals surface area contributed by atoms with Crippen LogP contribution in [0.3, 0.4) is 0 Å². The zero-order chi connectivity index (χ0) is 37.4. The highest BCUT2D eigenvalue weighted by Crippen LogP contribution is 2.29. The Morgan fingerprint density at radius 3 is 1.52 bits per heavy atom. The van der Waals surface area contributed by atoms with E-state index < -0.39 is 0 Å². The van der Waals surface area contributed by atoms with Gasteiger partial charge in [0, 0.05) is 62.0 Å². The molecule has 4 aromatic carbocycles. The second-order valence-electron chi connectivity index (χ2n) is 14.3. The second-order valence-corrected chi connectivity index (χ2v) is 14.3. The summed E-state index contributed by atoms with van der Waals surface area (Å²) < 4.78 is 1.83. The van der Waals surface area contributed by atoms with Crippen molar-refractivity contribution in [2.24, 2.45) is 7.05 Å². The maximum Gasteiger partial charge on any atom is 0.227 e. The van der Waals surface area contributed by atoms with E-state index in [0.717, 1.165) is 59.3 Å². The number of amides is 4. The van der Waals surface area contributed by atoms with Crippen LogP contribution in [-0.4, -0.2) is 68.4 Å². The minimum absolute atomic E-state index is 0.0644. The number of aryl methyl sites for hydroxylation is 1. The van der Waals surface area contributed by atoms with E-state index in [-0.39, 0.29) is 48.6 Å². The van der Waals surface area contributed by atoms with Gasteiger partial charge in [0.05, 0.1) is 24.2 Å². The number of nitrogens with one attached hydrogen (secondary N) is 2. The van der Waals surface area contributed by atoms with Gasteiger partial charge in [-0.25, -0.2) is 0 Å². The summed E-state index contributed by atoms with van der Waals surface area (Å²) in [6.07, 6.45) is 4.69. The highest BCUT2D eigenvalue weighted by atomic mass is 16.2. The average molecular weight is 723 g/mol. The van der Waals surface area contributed by atoms with Gasteiger partial charge in [0.1, 0.15) is 0 Å². The summed E-state index contributed by atoms with van der Waals surface area (Å²) in [5.41, 5.74) is 6.93. The summed E-state index contributed by atoms with van der Waals surface area (Å²) in [4.78, 5) is 55.7. The van der Waals surface area contributed by atoms with Crippen molar-refractivity contribution in [2.75, 3.05) is 23.7 Å². The molecule has 3 heterocycles. The molecule has 2 fully saturated rings. The second kappa shape index (κ2) is 16.8. The zero-order valence-corrected chi connectivity index (χ0v) is 30.6. The Kier molecular flexibility index (Phi) is 11.3. The molecule has 0 saturated carbocycles. The summed E-state index contributed by atoms with van der Waals surface area (Å²) in [7, 11) is 1.90. The van der Waals surface area contributed by atoms with E-state index in [0.29, 0.717) is 37.3 Å². The van der Waals surface area contributed by atoms with Crippen LogP contribution in [0.15, 0.2) is 115 Å². The number of nitrogens with zero attached hydrogens (tertiary/aromatic N) is 4. The summed E-state index contributed by atoms with van der Waals surface area (Å²) in [5.74, 6) is -0.0877. The zero-order valence-electron chi connectivity index (χ0n) is 30.6. The fraction of sp³-hybridized carbons (Fsp3) is 0.295. The number of rotatable bonds is 12. The topological polar surface area (TPSA) is 117 Å². The number of likely N-dealkylation sites (tertiary alicyclic amines) is 2. The first-order valence-corrected chi connectivity index (χ1v) is 18.8. The van der Waals surface area contributed by atoms with E-state index in [1.807, 2.05) is 137 Å². The van der Waals surface area contributed by atoms with E-state index >= 15 is 0 Å². The maximum absolute atomic E-state index is 13.0. The van der Waals surface area contributed by atoms with Gasteiger partial charge < -0.3 is 20.4 Å². The van der Waals surface area contributed by atoms with Gasteiger partial charge in [-0.2, -0.15) is 5.10 Å². The summed E-state index contributed by atoms with van der Waals surface area (Å²) in [5, 5.41) is 10.8. The van der Waals surface area contributed by atoms with Crippen molar-refractivity contribution in [2.45, 2.75) is 63.5 Å². The predicted octanol–water partition coefficient (Wildman–Crippen LogP) is 6.88. The van der Waals surface area contributed by atoms with Gasteiger partial charge in [-0.3, -0.25) is 23.9 Å². The lowest BCUT2D eigenvalue weighted by molar-refractivity contribution is -0.133. The van der Waals surface area contributed by atoms with E-state index in [1.54, 1.807) is 0 Å². The van der Waals surface area contributed by atoms with Crippen LogP contribution in [0.2, 0.25) is 0 Å². The number of anilines is 2. The van der Waals surface area contributed by atoms with Crippen molar-refractivity contribution >= 4 is 35.0 Å². The standard InChI is InChI=1S/C44H46N6O4/c1-48-40(34-18-22-36(23-19-34)46-42(52)29-38-15-9-25-50(38)44(54)27-32-12-6-3-7-13-32)30-39(47-48)33-16-20-35(21-17-33)45-41(51)28-37-14-8-24-49(37)43(53)26-31-10-4-2-5-11-31/h2-7,10-13,16-23,30,37-38H,8-9,14-15,24-29H2,1H3,(H,45,51)(H,46,52). The molecule has 2 unspecified atom stereocenters. The smallest absolute Gasteiger partial charge is 0.227 e. The van der Waals surface area contributed by atoms with E-state index in [4.69, 9.17) is 5.10 Å². The summed E-state index contributed by atoms with van der Waals surface area (Å²) in [6, 6.07) is 36.6. The van der Waals surface area contributed by atoms with Gasteiger partial charge >= 0.3 is 0 Å². The van der Waals surface area contributed by atoms with Gasteiger partial charge in [-0.1, -0.05) is 84.9 Å². The number of hydrogen-bond donors (Lipinski definition) is 2. The molecule has 54 heavy (non-hydrogen) atoms. The number of carbonyl (C=O) groups excluding carboxylic acids is 4. The molecule has 0 bridgehead atoms. The molecule has 2 saturated heterocycles. The van der Waals surface area contributed by atoms with Crippen LogP contribution in [-0.2, 0) is 39.1 Å². The molecular weight excluding hydrogens is 677 g/mol. The molecule has 2 atom stereocenters. The lowest BCUT2D eigenvalue weighted by atomic mass is 10.1. The molecule has 276 valence electrons. The van der Waals surface area contributed by atoms with Crippen molar-refractivity contribution in [3.8, 4) is 22.5 Å². The minimum atomic E-state index is -0.110. The molecule has 10 nitrogen and oxygen atoms in total. The fourth-order valence-corrected chi connectivity index (χ4v) is 7.68. The SMILES string of the molecule is Cn1nc(-c2ccc(NC(=O)CC3CCCN3C(=O)Cc3ccccc3)cc2)cc1-c1ccc(NC(=O)CC2CCCN2C(=O)Cc2ccccc2)cc1. The van der Waals surface area contributed by atoms with Gasteiger partial charge in [-0.15, -0.1) is 0 Å². The number of benzene rings is 4. The first-order chi connectivity index (χ1) is 26.3. The highest BCUT2D eigenvalue weighted by Gasteiger charge is 2.31. The third kappa shape index (κ3) is 8.94. The van der Waals surface area contributed by atoms with Gasteiger partial charge in [0.25, 0.3) is 0 Å². The summed E-state index contributed by atoms with van der Waals surface area (Å²) >= 11 is 0. The Morgan fingerprint density at radius 2 is 1.06 bits per heavy atom. The Labute approximate surface area is 316 Å². The van der Waals surface area contributed by atoms with Crippen LogP contribution in [0, 0.1) is 0 Å². The normalized spacial score (nSPS) is 16.7. The van der Waals surface area contributed by atoms with Crippen LogP contribution < -0.4 is 10.6 Å². The van der Waals surface area contributed by atoms with E-state index in [2.05, 4.69) is 10.6 Å². The lowest BCUT2D eigenvalue weighted by Crippen LogP contribution is -2.38. The molecule has 1 aromatic heterocycles. The Balaban J connectivity index is 0.905. The monoisotopic (exact) mass is 722 g/mol. The van der Waals surface area contributed by atoms with Crippen molar-refractivity contribution in [1.82, 2.24) is 19.6 Å². The lowest BCUT2D eigenvalue weighted by Gasteiger charge is -2.24. The van der Waals surface area contributed by atoms with Crippen molar-refractivity contribution in [3.05, 3.63) is 126 Å². The first-order valence-electron chi connectivity index (χ1n) is 18.8. The molecule has 2 aliphatic rings. The third-order valence-electron chi connectivity index (χ3n) is 10.4. The van der Waals surface area contributed by atoms with Gasteiger partial charge in [0.15, 0.2) is 0 Å². The number of aromatic nitrogens is 2. The fourth-order valence-electron chi connectivity index (χ4n) is 7.68. The van der Waals surface area contributed by atoms with Crippen molar-refractivity contribution in [3.63, 3.8) is 0 Å². The van der Waals surface area contributed by atoms with Crippen LogP contribution in [0.25, 0.3) is 22.5 Å². The first kappa shape index (κ1) is 36.3. The molecule has 10 heteroatoms. The van der Waals surface area contributed by atoms with Crippen molar-refractivity contribution < 1.29 is 19.2 Å². The third-order valence-corrected chi connectivity index (χ3v) is 10.4.